The van der Waals surface area contributed by atoms with Crippen LogP contribution in [0, 0.1) is 0 Å². The molecule has 0 radical (unpaired) electrons. The highest BCUT2D eigenvalue weighted by Gasteiger charge is 2.28. The van der Waals surface area contributed by atoms with Crippen LogP contribution in [-0.2, 0) is 19.2 Å². The predicted octanol–water partition coefficient (Wildman–Crippen LogP) is -3.21. The average Bonchev–Trinajstić information content (AvgIpc) is 2.65. The molecule has 0 aromatic rings. The Balaban J connectivity index is 5.11. The summed E-state index contributed by atoms with van der Waals surface area (Å²) in [6.07, 6.45) is 0.546. The summed E-state index contributed by atoms with van der Waals surface area (Å²) in [6.45, 7) is 1.69. The summed E-state index contributed by atoms with van der Waals surface area (Å²) in [5.74, 6) is -3.55. The van der Waals surface area contributed by atoms with Crippen LogP contribution in [0.15, 0.2) is 4.99 Å². The van der Waals surface area contributed by atoms with Gasteiger partial charge in [-0.1, -0.05) is 0 Å². The molecule has 0 aromatic carbocycles. The van der Waals surface area contributed by atoms with Gasteiger partial charge in [-0.15, -0.1) is 0 Å². The van der Waals surface area contributed by atoms with E-state index in [1.165, 1.54) is 6.92 Å². The Labute approximate surface area is 179 Å². The number of amides is 3. The van der Waals surface area contributed by atoms with Gasteiger partial charge in [0.15, 0.2) is 5.96 Å². The zero-order chi connectivity index (χ0) is 22.6. The molecular formula is C15H29N7O5S2. The maximum atomic E-state index is 12.6. The first kappa shape index (κ1) is 26.8. The van der Waals surface area contributed by atoms with Crippen LogP contribution in [0.4, 0.5) is 0 Å². The van der Waals surface area contributed by atoms with Crippen LogP contribution in [0.1, 0.15) is 19.8 Å². The maximum absolute atomic E-state index is 12.6. The van der Waals surface area contributed by atoms with E-state index < -0.39 is 47.9 Å². The van der Waals surface area contributed by atoms with Crippen LogP contribution in [0.3, 0.4) is 0 Å². The molecule has 10 N–H and O–H groups in total. The Kier molecular flexibility index (Phi) is 12.8. The lowest BCUT2D eigenvalue weighted by molar-refractivity contribution is -0.141. The Hall–Kier alpha value is -2.19. The number of carbonyl (C=O) groups is 4. The van der Waals surface area contributed by atoms with Gasteiger partial charge in [0, 0.05) is 18.1 Å². The van der Waals surface area contributed by atoms with Crippen LogP contribution in [0.5, 0.6) is 0 Å². The van der Waals surface area contributed by atoms with Crippen molar-refractivity contribution in [3.8, 4) is 0 Å². The average molecular weight is 452 g/mol. The van der Waals surface area contributed by atoms with Crippen LogP contribution in [0.2, 0.25) is 0 Å². The topological polar surface area (TPSA) is 215 Å². The fourth-order valence-electron chi connectivity index (χ4n) is 2.00. The van der Waals surface area contributed by atoms with Crippen molar-refractivity contribution in [2.24, 2.45) is 22.2 Å². The zero-order valence-corrected chi connectivity index (χ0v) is 17.8. The summed E-state index contributed by atoms with van der Waals surface area (Å²) >= 11 is 7.88. The van der Waals surface area contributed by atoms with E-state index in [1.807, 2.05) is 0 Å². The summed E-state index contributed by atoms with van der Waals surface area (Å²) in [4.78, 5) is 51.6. The Morgan fingerprint density at radius 3 is 1.86 bits per heavy atom. The lowest BCUT2D eigenvalue weighted by atomic mass is 10.1. The molecule has 0 spiro atoms. The first-order chi connectivity index (χ1) is 13.5. The van der Waals surface area contributed by atoms with Crippen molar-refractivity contribution in [2.75, 3.05) is 18.1 Å². The molecule has 0 aliphatic rings. The predicted molar refractivity (Wildman–Crippen MR) is 115 cm³/mol. The number of nitrogens with one attached hydrogen (secondary N) is 3. The highest BCUT2D eigenvalue weighted by Crippen LogP contribution is 2.02. The molecule has 4 atom stereocenters. The van der Waals surface area contributed by atoms with Crippen LogP contribution < -0.4 is 33.2 Å². The van der Waals surface area contributed by atoms with Gasteiger partial charge in [-0.05, 0) is 19.8 Å². The number of thiol groups is 2. The highest BCUT2D eigenvalue weighted by molar-refractivity contribution is 7.80. The summed E-state index contributed by atoms with van der Waals surface area (Å²) in [7, 11) is 0. The van der Waals surface area contributed by atoms with Crippen molar-refractivity contribution in [2.45, 2.75) is 43.9 Å². The van der Waals surface area contributed by atoms with Crippen molar-refractivity contribution < 1.29 is 24.3 Å². The van der Waals surface area contributed by atoms with E-state index in [4.69, 9.17) is 22.3 Å². The quantitative estimate of drug-likeness (QED) is 0.0599. The van der Waals surface area contributed by atoms with Crippen molar-refractivity contribution in [1.82, 2.24) is 16.0 Å². The molecule has 14 heteroatoms. The smallest absolute Gasteiger partial charge is 0.327 e. The van der Waals surface area contributed by atoms with Crippen molar-refractivity contribution in [1.29, 1.82) is 0 Å². The van der Waals surface area contributed by atoms with E-state index in [0.717, 1.165) is 0 Å². The third-order valence-electron chi connectivity index (χ3n) is 3.60. The van der Waals surface area contributed by atoms with Gasteiger partial charge in [0.1, 0.15) is 18.1 Å². The largest absolute Gasteiger partial charge is 0.480 e. The van der Waals surface area contributed by atoms with E-state index in [-0.39, 0.29) is 30.4 Å². The maximum Gasteiger partial charge on any atom is 0.327 e. The SMILES string of the molecule is CC(N)C(=O)NC(CCCN=C(N)N)C(=O)NC(CS)C(=O)NC(CS)C(=O)O. The van der Waals surface area contributed by atoms with Gasteiger partial charge in [-0.3, -0.25) is 19.4 Å². The number of hydrogen-bond donors (Lipinski definition) is 9. The monoisotopic (exact) mass is 451 g/mol. The Morgan fingerprint density at radius 2 is 1.41 bits per heavy atom. The molecule has 12 nitrogen and oxygen atoms in total. The van der Waals surface area contributed by atoms with Gasteiger partial charge in [0.05, 0.1) is 6.04 Å². The molecule has 0 heterocycles. The van der Waals surface area contributed by atoms with Gasteiger partial charge in [-0.25, -0.2) is 4.79 Å². The molecule has 4 unspecified atom stereocenters. The van der Waals surface area contributed by atoms with Gasteiger partial charge in [-0.2, -0.15) is 25.3 Å². The van der Waals surface area contributed by atoms with Crippen LogP contribution in [-0.4, -0.2) is 77.0 Å². The number of nitrogens with zero attached hydrogens (tertiary/aromatic N) is 1. The summed E-state index contributed by atoms with van der Waals surface area (Å²) in [5.41, 5.74) is 16.0. The summed E-state index contributed by atoms with van der Waals surface area (Å²) in [6, 6.07) is -4.20. The second-order valence-corrected chi connectivity index (χ2v) is 6.85. The van der Waals surface area contributed by atoms with Crippen LogP contribution in [0.25, 0.3) is 0 Å². The second kappa shape index (κ2) is 13.9. The molecular weight excluding hydrogens is 422 g/mol. The Morgan fingerprint density at radius 1 is 0.931 bits per heavy atom. The molecule has 0 saturated carbocycles. The van der Waals surface area contributed by atoms with E-state index in [0.29, 0.717) is 6.42 Å². The first-order valence-electron chi connectivity index (χ1n) is 8.70. The Bertz CT molecular complexity index is 614. The van der Waals surface area contributed by atoms with E-state index in [2.05, 4.69) is 46.2 Å². The lowest BCUT2D eigenvalue weighted by Gasteiger charge is -2.23. The number of carbonyl (C=O) groups excluding carboxylic acids is 3. The number of rotatable bonds is 13. The molecule has 0 aliphatic heterocycles. The van der Waals surface area contributed by atoms with Crippen molar-refractivity contribution >= 4 is 54.9 Å². The van der Waals surface area contributed by atoms with Gasteiger partial charge in [0.2, 0.25) is 17.7 Å². The third-order valence-corrected chi connectivity index (χ3v) is 4.33. The van der Waals surface area contributed by atoms with Gasteiger partial charge in [0.25, 0.3) is 0 Å². The van der Waals surface area contributed by atoms with Crippen molar-refractivity contribution in [3.05, 3.63) is 0 Å². The standard InChI is InChI=1S/C15H29N7O5S2/c1-7(16)11(23)20-8(3-2-4-19-15(17)18)12(24)21-9(5-28)13(25)22-10(6-29)14(26)27/h7-10,28-29H,2-6,16H2,1H3,(H,20,23)(H,21,24)(H,22,25)(H,26,27)(H4,17,18,19). The molecule has 166 valence electrons. The van der Waals surface area contributed by atoms with Crippen LogP contribution >= 0.6 is 25.3 Å². The molecule has 3 amide bonds. The molecule has 0 fully saturated rings. The first-order valence-corrected chi connectivity index (χ1v) is 9.96. The fraction of sp³-hybridized carbons (Fsp3) is 0.667. The number of aliphatic carboxylic acids is 1. The van der Waals surface area contributed by atoms with E-state index >= 15 is 0 Å². The zero-order valence-electron chi connectivity index (χ0n) is 16.0. The normalized spacial score (nSPS) is 14.6. The number of aliphatic imine (C=N–C) groups is 1. The lowest BCUT2D eigenvalue weighted by Crippen LogP contribution is -2.57. The number of hydrogen-bond acceptors (Lipinski definition) is 8. The number of nitrogens with two attached hydrogens (primary N) is 3. The third kappa shape index (κ3) is 10.8. The molecule has 29 heavy (non-hydrogen) atoms. The van der Waals surface area contributed by atoms with E-state index in [1.54, 1.807) is 0 Å². The number of guanidine groups is 1. The molecule has 0 aliphatic carbocycles. The molecule has 0 saturated heterocycles. The molecule has 0 aromatic heterocycles. The summed E-state index contributed by atoms with van der Waals surface area (Å²) < 4.78 is 0. The minimum atomic E-state index is -1.26. The van der Waals surface area contributed by atoms with Gasteiger partial charge >= 0.3 is 5.97 Å². The van der Waals surface area contributed by atoms with Gasteiger partial charge < -0.3 is 38.3 Å². The van der Waals surface area contributed by atoms with E-state index in [9.17, 15) is 19.2 Å². The number of carboxylic acid groups (broad SMARTS) is 1. The minimum absolute atomic E-state index is 0.0988. The molecule has 0 bridgehead atoms. The highest BCUT2D eigenvalue weighted by atomic mass is 32.1. The number of carboxylic acids is 1. The van der Waals surface area contributed by atoms with Crippen molar-refractivity contribution in [3.63, 3.8) is 0 Å². The summed E-state index contributed by atoms with van der Waals surface area (Å²) in [5, 5.41) is 16.2. The minimum Gasteiger partial charge on any atom is -0.480 e. The second-order valence-electron chi connectivity index (χ2n) is 6.12. The molecule has 0 rings (SSSR count). The fourth-order valence-corrected chi connectivity index (χ4v) is 2.50.